The van der Waals surface area contributed by atoms with Gasteiger partial charge in [0.25, 0.3) is 0 Å². The Bertz CT molecular complexity index is 345. The summed E-state index contributed by atoms with van der Waals surface area (Å²) in [5.41, 5.74) is 3.49. The van der Waals surface area contributed by atoms with Crippen LogP contribution in [0, 0.1) is 0 Å². The van der Waals surface area contributed by atoms with Crippen LogP contribution in [0.4, 0.5) is 0 Å². The summed E-state index contributed by atoms with van der Waals surface area (Å²) in [7, 11) is 0. The summed E-state index contributed by atoms with van der Waals surface area (Å²) < 4.78 is 0. The maximum absolute atomic E-state index is 2.62. The molecular weight excluding hydrogens is 158 g/mol. The molecule has 0 amide bonds. The zero-order chi connectivity index (χ0) is 8.89. The predicted octanol–water partition coefficient (Wildman–Crippen LogP) is 2.51. The molecule has 0 bridgehead atoms. The van der Waals surface area contributed by atoms with Gasteiger partial charge in [0.05, 0.1) is 0 Å². The van der Waals surface area contributed by atoms with E-state index in [0.29, 0.717) is 5.54 Å². The molecule has 1 aromatic carbocycles. The molecule has 1 nitrogen and oxygen atoms in total. The van der Waals surface area contributed by atoms with Crippen LogP contribution in [0.2, 0.25) is 0 Å². The number of rotatable bonds is 0. The van der Waals surface area contributed by atoms with Gasteiger partial charge in [0.15, 0.2) is 0 Å². The topological polar surface area (TPSA) is 3.24 Å². The number of fused-ring (bicyclic) bond motifs is 3. The lowest BCUT2D eigenvalue weighted by atomic mass is 9.90. The SMILES string of the molecule is C[C@@]12CCCN1Cc1ccccc12. The molecule has 1 atom stereocenters. The third-order valence-corrected chi connectivity index (χ3v) is 3.75. The largest absolute Gasteiger partial charge is 0.290 e. The summed E-state index contributed by atoms with van der Waals surface area (Å²) in [5.74, 6) is 0. The molecule has 2 aliphatic heterocycles. The molecule has 1 aromatic rings. The van der Waals surface area contributed by atoms with Crippen molar-refractivity contribution in [1.82, 2.24) is 4.90 Å². The third kappa shape index (κ3) is 0.856. The summed E-state index contributed by atoms with van der Waals surface area (Å²) in [4.78, 5) is 2.62. The van der Waals surface area contributed by atoms with Crippen molar-refractivity contribution < 1.29 is 0 Å². The minimum atomic E-state index is 0.372. The van der Waals surface area contributed by atoms with E-state index in [1.54, 1.807) is 11.1 Å². The van der Waals surface area contributed by atoms with Crippen molar-refractivity contribution in [2.24, 2.45) is 0 Å². The van der Waals surface area contributed by atoms with Crippen molar-refractivity contribution >= 4 is 0 Å². The van der Waals surface area contributed by atoms with Gasteiger partial charge < -0.3 is 0 Å². The van der Waals surface area contributed by atoms with Crippen molar-refractivity contribution in [2.75, 3.05) is 6.54 Å². The van der Waals surface area contributed by atoms with Gasteiger partial charge in [0, 0.05) is 12.1 Å². The molecule has 0 saturated carbocycles. The molecule has 1 fully saturated rings. The van der Waals surface area contributed by atoms with E-state index in [4.69, 9.17) is 0 Å². The van der Waals surface area contributed by atoms with Crippen LogP contribution in [0.1, 0.15) is 30.9 Å². The van der Waals surface area contributed by atoms with Crippen molar-refractivity contribution in [2.45, 2.75) is 31.8 Å². The predicted molar refractivity (Wildman–Crippen MR) is 53.4 cm³/mol. The second-order valence-electron chi connectivity index (χ2n) is 4.46. The van der Waals surface area contributed by atoms with Gasteiger partial charge in [0.2, 0.25) is 0 Å². The summed E-state index contributed by atoms with van der Waals surface area (Å²) in [5, 5.41) is 0. The highest BCUT2D eigenvalue weighted by atomic mass is 15.2. The van der Waals surface area contributed by atoms with Gasteiger partial charge in [-0.2, -0.15) is 0 Å². The molecule has 0 unspecified atom stereocenters. The van der Waals surface area contributed by atoms with Crippen molar-refractivity contribution in [3.63, 3.8) is 0 Å². The van der Waals surface area contributed by atoms with E-state index in [1.165, 1.54) is 25.9 Å². The van der Waals surface area contributed by atoms with E-state index in [9.17, 15) is 0 Å². The highest BCUT2D eigenvalue weighted by Gasteiger charge is 2.43. The van der Waals surface area contributed by atoms with Crippen molar-refractivity contribution in [3.05, 3.63) is 35.4 Å². The molecule has 0 aromatic heterocycles. The minimum Gasteiger partial charge on any atom is -0.290 e. The van der Waals surface area contributed by atoms with Gasteiger partial charge >= 0.3 is 0 Å². The van der Waals surface area contributed by atoms with Crippen LogP contribution >= 0.6 is 0 Å². The normalized spacial score (nSPS) is 31.8. The molecular formula is C12H15N. The van der Waals surface area contributed by atoms with Crippen molar-refractivity contribution in [3.8, 4) is 0 Å². The first-order chi connectivity index (χ1) is 6.31. The molecule has 68 valence electrons. The van der Waals surface area contributed by atoms with Gasteiger partial charge in [-0.1, -0.05) is 24.3 Å². The summed E-state index contributed by atoms with van der Waals surface area (Å²) >= 11 is 0. The average molecular weight is 173 g/mol. The average Bonchev–Trinajstić information content (AvgIpc) is 2.60. The van der Waals surface area contributed by atoms with Crippen LogP contribution in [0.15, 0.2) is 24.3 Å². The smallest absolute Gasteiger partial charge is 0.0439 e. The quantitative estimate of drug-likeness (QED) is 0.582. The van der Waals surface area contributed by atoms with Gasteiger partial charge in [-0.3, -0.25) is 4.90 Å². The monoisotopic (exact) mass is 173 g/mol. The molecule has 3 rings (SSSR count). The lowest BCUT2D eigenvalue weighted by Gasteiger charge is -2.28. The molecule has 1 saturated heterocycles. The van der Waals surface area contributed by atoms with E-state index in [0.717, 1.165) is 0 Å². The van der Waals surface area contributed by atoms with E-state index in [2.05, 4.69) is 36.1 Å². The minimum absolute atomic E-state index is 0.372. The van der Waals surface area contributed by atoms with Crippen LogP contribution in [-0.2, 0) is 12.1 Å². The standard InChI is InChI=1S/C12H15N/c1-12-7-4-8-13(12)9-10-5-2-3-6-11(10)12/h2-3,5-6H,4,7-9H2,1H3/t12-/m0/s1. The van der Waals surface area contributed by atoms with E-state index < -0.39 is 0 Å². The summed E-state index contributed by atoms with van der Waals surface area (Å²) in [6, 6.07) is 8.91. The Balaban J connectivity index is 2.17. The van der Waals surface area contributed by atoms with Gasteiger partial charge in [-0.15, -0.1) is 0 Å². The van der Waals surface area contributed by atoms with Crippen LogP contribution in [-0.4, -0.2) is 11.4 Å². The molecule has 0 N–H and O–H groups in total. The second kappa shape index (κ2) is 2.36. The molecule has 0 radical (unpaired) electrons. The molecule has 0 spiro atoms. The molecule has 13 heavy (non-hydrogen) atoms. The fourth-order valence-corrected chi connectivity index (χ4v) is 2.97. The second-order valence-corrected chi connectivity index (χ2v) is 4.46. The van der Waals surface area contributed by atoms with E-state index in [-0.39, 0.29) is 0 Å². The lowest BCUT2D eigenvalue weighted by molar-refractivity contribution is 0.178. The fraction of sp³-hybridized carbons (Fsp3) is 0.500. The first kappa shape index (κ1) is 7.57. The Morgan fingerprint density at radius 1 is 1.31 bits per heavy atom. The Hall–Kier alpha value is -0.820. The number of hydrogen-bond acceptors (Lipinski definition) is 1. The molecule has 0 aliphatic carbocycles. The van der Waals surface area contributed by atoms with Crippen LogP contribution in [0.25, 0.3) is 0 Å². The highest BCUT2D eigenvalue weighted by Crippen LogP contribution is 2.45. The maximum atomic E-state index is 2.62. The Morgan fingerprint density at radius 2 is 2.15 bits per heavy atom. The number of hydrogen-bond donors (Lipinski definition) is 0. The zero-order valence-electron chi connectivity index (χ0n) is 8.09. The maximum Gasteiger partial charge on any atom is 0.0439 e. The number of nitrogens with zero attached hydrogens (tertiary/aromatic N) is 1. The molecule has 2 heterocycles. The van der Waals surface area contributed by atoms with Gasteiger partial charge in [0.1, 0.15) is 0 Å². The first-order valence-electron chi connectivity index (χ1n) is 5.14. The van der Waals surface area contributed by atoms with E-state index in [1.807, 2.05) is 0 Å². The van der Waals surface area contributed by atoms with Gasteiger partial charge in [-0.25, -0.2) is 0 Å². The zero-order valence-corrected chi connectivity index (χ0v) is 8.09. The molecule has 2 aliphatic rings. The first-order valence-corrected chi connectivity index (χ1v) is 5.14. The lowest BCUT2D eigenvalue weighted by Crippen LogP contribution is -2.31. The van der Waals surface area contributed by atoms with Crippen LogP contribution in [0.3, 0.4) is 0 Å². The highest BCUT2D eigenvalue weighted by molar-refractivity contribution is 5.38. The van der Waals surface area contributed by atoms with Crippen LogP contribution < -0.4 is 0 Å². The summed E-state index contributed by atoms with van der Waals surface area (Å²) in [6.07, 6.45) is 2.70. The van der Waals surface area contributed by atoms with Crippen LogP contribution in [0.5, 0.6) is 0 Å². The summed E-state index contributed by atoms with van der Waals surface area (Å²) in [6.45, 7) is 4.85. The fourth-order valence-electron chi connectivity index (χ4n) is 2.97. The Morgan fingerprint density at radius 3 is 3.08 bits per heavy atom. The third-order valence-electron chi connectivity index (χ3n) is 3.75. The molecule has 1 heteroatoms. The number of benzene rings is 1. The Labute approximate surface area is 79.4 Å². The van der Waals surface area contributed by atoms with E-state index >= 15 is 0 Å². The van der Waals surface area contributed by atoms with Crippen molar-refractivity contribution in [1.29, 1.82) is 0 Å². The van der Waals surface area contributed by atoms with Gasteiger partial charge in [-0.05, 0) is 37.4 Å². The Kier molecular flexibility index (Phi) is 1.37.